The van der Waals surface area contributed by atoms with Gasteiger partial charge in [0.25, 0.3) is 0 Å². The first kappa shape index (κ1) is 21.0. The van der Waals surface area contributed by atoms with Crippen molar-refractivity contribution in [1.29, 1.82) is 0 Å². The van der Waals surface area contributed by atoms with Crippen molar-refractivity contribution >= 4 is 0 Å². The normalized spacial score (nSPS) is 11.1. The molecule has 0 radical (unpaired) electrons. The van der Waals surface area contributed by atoms with Crippen molar-refractivity contribution in [1.82, 2.24) is 0 Å². The Morgan fingerprint density at radius 3 is 0.879 bits per heavy atom. The van der Waals surface area contributed by atoms with Crippen LogP contribution in [0.1, 0.15) is 50.8 Å². The largest absolute Gasteiger partial charge is 0.0622 e. The molecule has 0 N–H and O–H groups in total. The van der Waals surface area contributed by atoms with E-state index in [1.807, 2.05) is 0 Å². The van der Waals surface area contributed by atoms with Gasteiger partial charge < -0.3 is 0 Å². The van der Waals surface area contributed by atoms with Gasteiger partial charge in [0.05, 0.1) is 0 Å². The zero-order valence-corrected chi connectivity index (χ0v) is 18.9. The third-order valence-corrected chi connectivity index (χ3v) is 6.32. The topological polar surface area (TPSA) is 0 Å². The van der Waals surface area contributed by atoms with Gasteiger partial charge in [-0.25, -0.2) is 0 Å². The fourth-order valence-electron chi connectivity index (χ4n) is 4.91. The highest BCUT2D eigenvalue weighted by Crippen LogP contribution is 2.37. The Balaban J connectivity index is 1.69. The number of hydrogen-bond acceptors (Lipinski definition) is 0. The van der Waals surface area contributed by atoms with Crippen molar-refractivity contribution < 1.29 is 0 Å². The van der Waals surface area contributed by atoms with Crippen LogP contribution in [0.3, 0.4) is 0 Å². The van der Waals surface area contributed by atoms with Crippen LogP contribution in [0.2, 0.25) is 0 Å². The van der Waals surface area contributed by atoms with Gasteiger partial charge in [0, 0.05) is 11.8 Å². The van der Waals surface area contributed by atoms with E-state index in [4.69, 9.17) is 0 Å². The summed E-state index contributed by atoms with van der Waals surface area (Å²) in [6.45, 7) is 2.22. The van der Waals surface area contributed by atoms with Gasteiger partial charge in [-0.05, 0) is 40.3 Å². The van der Waals surface area contributed by atoms with Crippen LogP contribution in [0.5, 0.6) is 0 Å². The van der Waals surface area contributed by atoms with Crippen LogP contribution in [0, 0.1) is 6.92 Å². The molecule has 160 valence electrons. The maximum atomic E-state index is 2.42. The van der Waals surface area contributed by atoms with E-state index in [9.17, 15) is 0 Å². The van der Waals surface area contributed by atoms with Gasteiger partial charge in [-0.3, -0.25) is 0 Å². The Morgan fingerprint density at radius 1 is 0.333 bits per heavy atom. The third-order valence-electron chi connectivity index (χ3n) is 6.32. The van der Waals surface area contributed by atoms with Crippen LogP contribution in [-0.2, 0) is 0 Å². The molecule has 0 aliphatic rings. The van der Waals surface area contributed by atoms with E-state index in [2.05, 4.69) is 146 Å². The summed E-state index contributed by atoms with van der Waals surface area (Å²) in [5.74, 6) is 0.386. The van der Waals surface area contributed by atoms with Crippen LogP contribution in [0.25, 0.3) is 0 Å². The molecule has 0 spiro atoms. The van der Waals surface area contributed by atoms with Gasteiger partial charge in [-0.2, -0.15) is 0 Å². The van der Waals surface area contributed by atoms with E-state index < -0.39 is 0 Å². The monoisotopic (exact) mass is 424 g/mol. The van der Waals surface area contributed by atoms with Crippen molar-refractivity contribution in [2.24, 2.45) is 0 Å². The molecule has 0 fully saturated rings. The average Bonchev–Trinajstić information content (AvgIpc) is 2.87. The molecule has 5 aromatic carbocycles. The summed E-state index contributed by atoms with van der Waals surface area (Å²) >= 11 is 0. The smallest absolute Gasteiger partial charge is 0.0340 e. The summed E-state index contributed by atoms with van der Waals surface area (Å²) in [5, 5.41) is 0. The zero-order valence-electron chi connectivity index (χ0n) is 18.9. The van der Waals surface area contributed by atoms with Gasteiger partial charge in [0.1, 0.15) is 0 Å². The number of benzene rings is 5. The van der Waals surface area contributed by atoms with Crippen molar-refractivity contribution in [2.75, 3.05) is 0 Å². The van der Waals surface area contributed by atoms with Crippen LogP contribution < -0.4 is 0 Å². The Labute approximate surface area is 197 Å². The molecule has 5 rings (SSSR count). The minimum absolute atomic E-state index is 0.193. The van der Waals surface area contributed by atoms with Gasteiger partial charge in [0.2, 0.25) is 0 Å². The van der Waals surface area contributed by atoms with Crippen molar-refractivity contribution in [2.45, 2.75) is 18.8 Å². The fourth-order valence-corrected chi connectivity index (χ4v) is 4.91. The maximum absolute atomic E-state index is 2.42. The van der Waals surface area contributed by atoms with Gasteiger partial charge in [0.15, 0.2) is 0 Å². The average molecular weight is 425 g/mol. The first-order valence-electron chi connectivity index (χ1n) is 11.6. The summed E-state index contributed by atoms with van der Waals surface area (Å²) in [6, 6.07) is 50.5. The van der Waals surface area contributed by atoms with Crippen LogP contribution in [0.15, 0.2) is 140 Å². The van der Waals surface area contributed by atoms with Gasteiger partial charge in [-0.1, -0.05) is 145 Å². The van der Waals surface area contributed by atoms with Crippen LogP contribution in [-0.4, -0.2) is 0 Å². The predicted octanol–water partition coefficient (Wildman–Crippen LogP) is 8.36. The molecule has 0 aliphatic heterocycles. The lowest BCUT2D eigenvalue weighted by Gasteiger charge is -2.24. The van der Waals surface area contributed by atoms with Crippen molar-refractivity contribution in [3.8, 4) is 0 Å². The number of aryl methyl sites for hydroxylation is 1. The molecule has 33 heavy (non-hydrogen) atoms. The predicted molar refractivity (Wildman–Crippen MR) is 139 cm³/mol. The highest BCUT2D eigenvalue weighted by atomic mass is 14.2. The summed E-state index contributed by atoms with van der Waals surface area (Å²) in [7, 11) is 0. The third kappa shape index (κ3) is 4.66. The quantitative estimate of drug-likeness (QED) is 0.240. The Kier molecular flexibility index (Phi) is 6.17. The summed E-state index contributed by atoms with van der Waals surface area (Å²) in [4.78, 5) is 0. The molecule has 0 amide bonds. The number of hydrogen-bond donors (Lipinski definition) is 0. The minimum Gasteiger partial charge on any atom is -0.0622 e. The van der Waals surface area contributed by atoms with Gasteiger partial charge in [-0.15, -0.1) is 0 Å². The first-order valence-corrected chi connectivity index (χ1v) is 11.6. The molecule has 0 aromatic heterocycles. The Hall–Kier alpha value is -3.90. The standard InChI is InChI=1S/C33H28/c1-25-22-30(32(26-14-6-2-7-15-26)27-16-8-3-9-17-27)24-31(23-25)33(28-18-10-4-11-19-28)29-20-12-5-13-21-29/h2-24,32-33H,1H3. The Bertz CT molecular complexity index is 1110. The molecule has 0 saturated carbocycles. The lowest BCUT2D eigenvalue weighted by atomic mass is 9.80. The minimum atomic E-state index is 0.193. The Morgan fingerprint density at radius 2 is 0.606 bits per heavy atom. The zero-order chi connectivity index (χ0) is 22.5. The van der Waals surface area contributed by atoms with Crippen LogP contribution in [0.4, 0.5) is 0 Å². The second-order valence-corrected chi connectivity index (χ2v) is 8.69. The first-order chi connectivity index (χ1) is 16.3. The molecule has 5 aromatic rings. The SMILES string of the molecule is Cc1cc(C(c2ccccc2)c2ccccc2)cc(C(c2ccccc2)c2ccccc2)c1. The molecule has 0 aliphatic carbocycles. The molecular weight excluding hydrogens is 396 g/mol. The van der Waals surface area contributed by atoms with Gasteiger partial charge >= 0.3 is 0 Å². The second-order valence-electron chi connectivity index (χ2n) is 8.69. The summed E-state index contributed by atoms with van der Waals surface area (Å²) in [5.41, 5.74) is 9.22. The van der Waals surface area contributed by atoms with E-state index >= 15 is 0 Å². The van der Waals surface area contributed by atoms with E-state index in [0.29, 0.717) is 0 Å². The molecular formula is C33H28. The number of rotatable bonds is 6. The molecule has 0 nitrogen and oxygen atoms in total. The highest BCUT2D eigenvalue weighted by molar-refractivity contribution is 5.50. The van der Waals surface area contributed by atoms with E-state index in [1.54, 1.807) is 0 Å². The molecule has 0 bridgehead atoms. The molecule has 0 heterocycles. The van der Waals surface area contributed by atoms with Crippen LogP contribution >= 0.6 is 0 Å². The van der Waals surface area contributed by atoms with E-state index in [0.717, 1.165) is 0 Å². The molecule has 0 atom stereocenters. The maximum Gasteiger partial charge on any atom is 0.0340 e. The van der Waals surface area contributed by atoms with E-state index in [1.165, 1.54) is 38.9 Å². The highest BCUT2D eigenvalue weighted by Gasteiger charge is 2.21. The van der Waals surface area contributed by atoms with Crippen molar-refractivity contribution in [3.63, 3.8) is 0 Å². The molecule has 0 heteroatoms. The second kappa shape index (κ2) is 9.71. The fraction of sp³-hybridized carbons (Fsp3) is 0.0909. The summed E-state index contributed by atoms with van der Waals surface area (Å²) in [6.07, 6.45) is 0. The van der Waals surface area contributed by atoms with E-state index in [-0.39, 0.29) is 11.8 Å². The molecule has 0 saturated heterocycles. The van der Waals surface area contributed by atoms with Crippen molar-refractivity contribution in [3.05, 3.63) is 178 Å². The lowest BCUT2D eigenvalue weighted by Crippen LogP contribution is -2.08. The summed E-state index contributed by atoms with van der Waals surface area (Å²) < 4.78 is 0. The molecule has 0 unspecified atom stereocenters. The lowest BCUT2D eigenvalue weighted by molar-refractivity contribution is 0.935.